The zero-order chi connectivity index (χ0) is 16.4. The number of nitrogens with zero attached hydrogens (tertiary/aromatic N) is 2. The van der Waals surface area contributed by atoms with Crippen LogP contribution < -0.4 is 16.6 Å². The highest BCUT2D eigenvalue weighted by Gasteiger charge is 2.11. The highest BCUT2D eigenvalue weighted by Crippen LogP contribution is 2.13. The Kier molecular flexibility index (Phi) is 4.11. The molecule has 0 bridgehead atoms. The lowest BCUT2D eigenvalue weighted by atomic mass is 10.3. The fraction of sp³-hybridized carbons (Fsp3) is 0.143. The zero-order valence-electron chi connectivity index (χ0n) is 11.7. The number of furan rings is 1. The van der Waals surface area contributed by atoms with Gasteiger partial charge in [-0.25, -0.2) is 9.78 Å². The van der Waals surface area contributed by atoms with E-state index in [1.807, 2.05) is 0 Å². The molecule has 23 heavy (non-hydrogen) atoms. The molecule has 0 saturated heterocycles. The molecule has 3 aromatic heterocycles. The first-order chi connectivity index (χ1) is 11.1. The molecule has 0 radical (unpaired) electrons. The zero-order valence-corrected chi connectivity index (χ0v) is 13.3. The monoisotopic (exact) mass is 378 g/mol. The third kappa shape index (κ3) is 3.09. The number of rotatable bonds is 4. The van der Waals surface area contributed by atoms with Crippen molar-refractivity contribution in [1.29, 1.82) is 0 Å². The topological polar surface area (TPSA) is 110 Å². The van der Waals surface area contributed by atoms with Gasteiger partial charge in [-0.15, -0.1) is 0 Å². The summed E-state index contributed by atoms with van der Waals surface area (Å²) in [6, 6.07) is 6.31. The Bertz CT molecular complexity index is 988. The van der Waals surface area contributed by atoms with E-state index in [1.54, 1.807) is 18.2 Å². The predicted molar refractivity (Wildman–Crippen MR) is 85.4 cm³/mol. The van der Waals surface area contributed by atoms with Gasteiger partial charge in [-0.2, -0.15) is 0 Å². The van der Waals surface area contributed by atoms with E-state index in [9.17, 15) is 14.4 Å². The molecule has 1 amide bonds. The molecule has 3 aromatic rings. The normalized spacial score (nSPS) is 10.8. The molecule has 0 aliphatic rings. The van der Waals surface area contributed by atoms with E-state index in [0.717, 1.165) is 4.57 Å². The van der Waals surface area contributed by atoms with E-state index in [0.29, 0.717) is 10.1 Å². The molecular formula is C14H11BrN4O4. The van der Waals surface area contributed by atoms with Gasteiger partial charge < -0.3 is 9.73 Å². The van der Waals surface area contributed by atoms with Crippen LogP contribution in [0.4, 0.5) is 0 Å². The van der Waals surface area contributed by atoms with Gasteiger partial charge in [0.15, 0.2) is 10.4 Å². The second-order valence-corrected chi connectivity index (χ2v) is 5.43. The molecule has 118 valence electrons. The smallest absolute Gasteiger partial charge is 0.330 e. The van der Waals surface area contributed by atoms with Gasteiger partial charge >= 0.3 is 5.69 Å². The molecule has 0 aliphatic carbocycles. The van der Waals surface area contributed by atoms with Gasteiger partial charge in [-0.1, -0.05) is 0 Å². The van der Waals surface area contributed by atoms with Crippen molar-refractivity contribution in [3.05, 3.63) is 61.7 Å². The van der Waals surface area contributed by atoms with E-state index in [1.165, 1.54) is 12.3 Å². The highest BCUT2D eigenvalue weighted by molar-refractivity contribution is 9.10. The number of hydrogen-bond acceptors (Lipinski definition) is 5. The van der Waals surface area contributed by atoms with Crippen molar-refractivity contribution in [2.45, 2.75) is 6.54 Å². The van der Waals surface area contributed by atoms with Crippen LogP contribution in [0.2, 0.25) is 0 Å². The van der Waals surface area contributed by atoms with Crippen LogP contribution in [0.1, 0.15) is 10.6 Å². The average molecular weight is 379 g/mol. The fourth-order valence-corrected chi connectivity index (χ4v) is 2.40. The molecule has 0 aromatic carbocycles. The van der Waals surface area contributed by atoms with E-state index in [-0.39, 0.29) is 24.5 Å². The summed E-state index contributed by atoms with van der Waals surface area (Å²) >= 11 is 3.10. The number of carbonyl (C=O) groups is 1. The summed E-state index contributed by atoms with van der Waals surface area (Å²) in [7, 11) is 0. The maximum atomic E-state index is 12.3. The molecule has 0 unspecified atom stereocenters. The van der Waals surface area contributed by atoms with Crippen LogP contribution in [0.3, 0.4) is 0 Å². The minimum atomic E-state index is -0.573. The van der Waals surface area contributed by atoms with Gasteiger partial charge in [0.25, 0.3) is 11.5 Å². The lowest BCUT2D eigenvalue weighted by molar-refractivity contribution is 0.0923. The van der Waals surface area contributed by atoms with Crippen molar-refractivity contribution < 1.29 is 9.21 Å². The Morgan fingerprint density at radius 1 is 1.35 bits per heavy atom. The van der Waals surface area contributed by atoms with Crippen molar-refractivity contribution in [3.63, 3.8) is 0 Å². The molecule has 0 fully saturated rings. The molecule has 0 saturated carbocycles. The van der Waals surface area contributed by atoms with Gasteiger partial charge in [-0.3, -0.25) is 19.1 Å². The fourth-order valence-electron chi connectivity index (χ4n) is 2.09. The molecule has 3 heterocycles. The number of halogens is 1. The van der Waals surface area contributed by atoms with Gasteiger partial charge in [0.2, 0.25) is 0 Å². The summed E-state index contributed by atoms with van der Waals surface area (Å²) in [6.45, 7) is 0.137. The van der Waals surface area contributed by atoms with E-state index in [4.69, 9.17) is 4.42 Å². The van der Waals surface area contributed by atoms with Crippen LogP contribution in [0.25, 0.3) is 11.0 Å². The Hall–Kier alpha value is -2.68. The van der Waals surface area contributed by atoms with Crippen molar-refractivity contribution >= 4 is 32.9 Å². The molecule has 0 atom stereocenters. The lowest BCUT2D eigenvalue weighted by Crippen LogP contribution is -2.39. The van der Waals surface area contributed by atoms with E-state index >= 15 is 0 Å². The van der Waals surface area contributed by atoms with E-state index < -0.39 is 17.2 Å². The molecule has 9 heteroatoms. The minimum absolute atomic E-state index is 0.0343. The lowest BCUT2D eigenvalue weighted by Gasteiger charge is -2.06. The molecule has 2 N–H and O–H groups in total. The van der Waals surface area contributed by atoms with Crippen molar-refractivity contribution in [2.24, 2.45) is 0 Å². The second-order valence-electron chi connectivity index (χ2n) is 4.65. The Balaban J connectivity index is 1.76. The van der Waals surface area contributed by atoms with Crippen molar-refractivity contribution in [1.82, 2.24) is 19.9 Å². The van der Waals surface area contributed by atoms with Crippen LogP contribution in [-0.4, -0.2) is 27.0 Å². The van der Waals surface area contributed by atoms with Crippen LogP contribution in [-0.2, 0) is 6.54 Å². The third-order valence-corrected chi connectivity index (χ3v) is 3.60. The maximum absolute atomic E-state index is 12.3. The quantitative estimate of drug-likeness (QED) is 0.699. The minimum Gasteiger partial charge on any atom is -0.444 e. The van der Waals surface area contributed by atoms with Crippen LogP contribution in [0, 0.1) is 0 Å². The molecule has 0 aliphatic heterocycles. The van der Waals surface area contributed by atoms with Crippen LogP contribution in [0.15, 0.2) is 49.1 Å². The first-order valence-electron chi connectivity index (χ1n) is 6.67. The summed E-state index contributed by atoms with van der Waals surface area (Å²) < 4.78 is 6.57. The number of nitrogens with one attached hydrogen (secondary N) is 2. The van der Waals surface area contributed by atoms with Gasteiger partial charge in [-0.05, 0) is 40.2 Å². The van der Waals surface area contributed by atoms with Gasteiger partial charge in [0, 0.05) is 19.3 Å². The largest absolute Gasteiger partial charge is 0.444 e. The molecule has 0 spiro atoms. The van der Waals surface area contributed by atoms with E-state index in [2.05, 4.69) is 31.2 Å². The summed E-state index contributed by atoms with van der Waals surface area (Å²) in [5.74, 6) is -0.288. The second kappa shape index (κ2) is 6.21. The van der Waals surface area contributed by atoms with Crippen LogP contribution in [0.5, 0.6) is 0 Å². The Morgan fingerprint density at radius 3 is 2.91 bits per heavy atom. The summed E-state index contributed by atoms with van der Waals surface area (Å²) in [5, 5.41) is 2.89. The first-order valence-corrected chi connectivity index (χ1v) is 7.47. The Labute approximate surface area is 137 Å². The third-order valence-electron chi connectivity index (χ3n) is 3.17. The van der Waals surface area contributed by atoms with Crippen LogP contribution >= 0.6 is 15.9 Å². The number of pyridine rings is 1. The predicted octanol–water partition coefficient (Wildman–Crippen LogP) is 0.870. The summed E-state index contributed by atoms with van der Waals surface area (Å²) in [4.78, 5) is 42.5. The average Bonchev–Trinajstić information content (AvgIpc) is 2.97. The molecular weight excluding hydrogens is 368 g/mol. The summed E-state index contributed by atoms with van der Waals surface area (Å²) in [5.41, 5.74) is -0.786. The maximum Gasteiger partial charge on any atom is 0.330 e. The molecule has 3 rings (SSSR count). The van der Waals surface area contributed by atoms with Crippen molar-refractivity contribution in [3.8, 4) is 0 Å². The first kappa shape index (κ1) is 15.2. The number of carbonyl (C=O) groups excluding carboxylic acids is 1. The number of fused-ring (bicyclic) bond motifs is 1. The molecule has 8 nitrogen and oxygen atoms in total. The van der Waals surface area contributed by atoms with Gasteiger partial charge in [0.05, 0.1) is 5.39 Å². The summed E-state index contributed by atoms with van der Waals surface area (Å²) in [6.07, 6.45) is 1.49. The number of amides is 1. The highest BCUT2D eigenvalue weighted by atomic mass is 79.9. The standard InChI is InChI=1S/C14H11BrN4O4/c15-10-4-3-9(23-10)12(20)17-6-7-19-13(21)8-2-1-5-16-11(8)18-14(19)22/h1-5H,6-7H2,(H,17,20)(H,16,18,22). The Morgan fingerprint density at radius 2 is 2.17 bits per heavy atom. The van der Waals surface area contributed by atoms with Gasteiger partial charge in [0.1, 0.15) is 5.65 Å². The number of hydrogen-bond donors (Lipinski definition) is 2. The SMILES string of the molecule is O=C(NCCn1c(=O)[nH]c2ncccc2c1=O)c1ccc(Br)o1. The number of aromatic nitrogens is 3. The number of H-pyrrole nitrogens is 1. The van der Waals surface area contributed by atoms with Crippen molar-refractivity contribution in [2.75, 3.05) is 6.54 Å². The number of aromatic amines is 1.